The minimum atomic E-state index is -0.318. The molecule has 0 unspecified atom stereocenters. The van der Waals surface area contributed by atoms with Crippen molar-refractivity contribution in [1.82, 2.24) is 9.97 Å². The summed E-state index contributed by atoms with van der Waals surface area (Å²) in [5, 5.41) is 6.65. The van der Waals surface area contributed by atoms with Gasteiger partial charge in [0, 0.05) is 30.7 Å². The third-order valence-electron chi connectivity index (χ3n) is 3.42. The molecule has 5 nitrogen and oxygen atoms in total. The Morgan fingerprint density at radius 1 is 1.04 bits per heavy atom. The molecule has 2 N–H and O–H groups in total. The Labute approximate surface area is 155 Å². The highest BCUT2D eigenvalue weighted by molar-refractivity contribution is 6.40. The smallest absolute Gasteiger partial charge is 0.255 e. The van der Waals surface area contributed by atoms with Gasteiger partial charge in [-0.1, -0.05) is 35.3 Å². The first-order valence-electron chi connectivity index (χ1n) is 7.47. The lowest BCUT2D eigenvalue weighted by molar-refractivity contribution is 0.102. The largest absolute Gasteiger partial charge is 0.366 e. The summed E-state index contributed by atoms with van der Waals surface area (Å²) in [4.78, 5) is 20.7. The van der Waals surface area contributed by atoms with Crippen molar-refractivity contribution in [3.8, 4) is 0 Å². The van der Waals surface area contributed by atoms with Gasteiger partial charge in [-0.15, -0.1) is 0 Å². The monoisotopic (exact) mass is 372 g/mol. The highest BCUT2D eigenvalue weighted by atomic mass is 35.5. The van der Waals surface area contributed by atoms with Crippen LogP contribution in [0.4, 0.5) is 11.5 Å². The molecular weight excluding hydrogens is 359 g/mol. The molecule has 7 heteroatoms. The van der Waals surface area contributed by atoms with Crippen molar-refractivity contribution in [1.29, 1.82) is 0 Å². The summed E-state index contributed by atoms with van der Waals surface area (Å²) in [7, 11) is 0. The number of para-hydroxylation sites is 1. The van der Waals surface area contributed by atoms with Gasteiger partial charge in [0.2, 0.25) is 0 Å². The zero-order chi connectivity index (χ0) is 17.6. The fourth-order valence-electron chi connectivity index (χ4n) is 2.17. The van der Waals surface area contributed by atoms with Crippen molar-refractivity contribution < 1.29 is 4.79 Å². The van der Waals surface area contributed by atoms with Crippen LogP contribution in [0.25, 0.3) is 0 Å². The molecule has 1 amide bonds. The van der Waals surface area contributed by atoms with Crippen molar-refractivity contribution in [3.05, 3.63) is 82.2 Å². The molecule has 0 fully saturated rings. The maximum absolute atomic E-state index is 12.5. The van der Waals surface area contributed by atoms with E-state index in [1.54, 1.807) is 48.9 Å². The van der Waals surface area contributed by atoms with E-state index in [0.29, 0.717) is 33.7 Å². The van der Waals surface area contributed by atoms with E-state index >= 15 is 0 Å². The fraction of sp³-hybridized carbons (Fsp3) is 0.0556. The number of benzene rings is 1. The van der Waals surface area contributed by atoms with E-state index < -0.39 is 0 Å². The summed E-state index contributed by atoms with van der Waals surface area (Å²) < 4.78 is 0. The standard InChI is InChI=1S/C18H14Cl2N4O/c19-14-4-1-5-15(20)17(14)24-18(25)13-6-8-22-16(9-13)23-11-12-3-2-7-21-10-12/h1-10H,11H2,(H,22,23)(H,24,25). The van der Waals surface area contributed by atoms with E-state index in [9.17, 15) is 4.79 Å². The van der Waals surface area contributed by atoms with Crippen LogP contribution in [0.15, 0.2) is 61.1 Å². The molecule has 1 aromatic carbocycles. The van der Waals surface area contributed by atoms with Gasteiger partial charge in [-0.3, -0.25) is 9.78 Å². The summed E-state index contributed by atoms with van der Waals surface area (Å²) in [6.07, 6.45) is 5.05. The van der Waals surface area contributed by atoms with E-state index in [-0.39, 0.29) is 5.91 Å². The van der Waals surface area contributed by atoms with Gasteiger partial charge in [0.05, 0.1) is 15.7 Å². The molecule has 0 radical (unpaired) electrons. The molecule has 0 spiro atoms. The molecule has 2 aromatic heterocycles. The summed E-state index contributed by atoms with van der Waals surface area (Å²) in [6, 6.07) is 12.1. The second-order valence-electron chi connectivity index (χ2n) is 5.20. The van der Waals surface area contributed by atoms with E-state index in [1.165, 1.54) is 0 Å². The number of hydrogen-bond donors (Lipinski definition) is 2. The number of carbonyl (C=O) groups is 1. The molecule has 3 aromatic rings. The Morgan fingerprint density at radius 2 is 1.84 bits per heavy atom. The predicted molar refractivity (Wildman–Crippen MR) is 100 cm³/mol. The fourth-order valence-corrected chi connectivity index (χ4v) is 2.66. The quantitative estimate of drug-likeness (QED) is 0.683. The van der Waals surface area contributed by atoms with Gasteiger partial charge >= 0.3 is 0 Å². The number of amides is 1. The molecule has 0 aliphatic carbocycles. The highest BCUT2D eigenvalue weighted by Crippen LogP contribution is 2.30. The summed E-state index contributed by atoms with van der Waals surface area (Å²) in [5.74, 6) is 0.267. The molecule has 3 rings (SSSR count). The molecule has 25 heavy (non-hydrogen) atoms. The average Bonchev–Trinajstić information content (AvgIpc) is 2.64. The topological polar surface area (TPSA) is 66.9 Å². The van der Waals surface area contributed by atoms with Gasteiger partial charge in [-0.05, 0) is 35.9 Å². The van der Waals surface area contributed by atoms with Crippen molar-refractivity contribution in [2.24, 2.45) is 0 Å². The summed E-state index contributed by atoms with van der Waals surface area (Å²) >= 11 is 12.2. The number of nitrogens with one attached hydrogen (secondary N) is 2. The van der Waals surface area contributed by atoms with Crippen LogP contribution in [0.2, 0.25) is 10.0 Å². The van der Waals surface area contributed by atoms with Crippen molar-refractivity contribution in [2.75, 3.05) is 10.6 Å². The van der Waals surface area contributed by atoms with Crippen molar-refractivity contribution in [3.63, 3.8) is 0 Å². The highest BCUT2D eigenvalue weighted by Gasteiger charge is 2.12. The lowest BCUT2D eigenvalue weighted by Crippen LogP contribution is -2.13. The van der Waals surface area contributed by atoms with Crippen LogP contribution >= 0.6 is 23.2 Å². The molecule has 126 valence electrons. The first-order valence-corrected chi connectivity index (χ1v) is 8.23. The number of hydrogen-bond acceptors (Lipinski definition) is 4. The predicted octanol–water partition coefficient (Wildman–Crippen LogP) is 4.65. The number of nitrogens with zero attached hydrogens (tertiary/aromatic N) is 2. The van der Waals surface area contributed by atoms with Crippen molar-refractivity contribution in [2.45, 2.75) is 6.54 Å². The number of aromatic nitrogens is 2. The minimum absolute atomic E-state index is 0.318. The lowest BCUT2D eigenvalue weighted by Gasteiger charge is -2.10. The average molecular weight is 373 g/mol. The van der Waals surface area contributed by atoms with Crippen LogP contribution in [0.5, 0.6) is 0 Å². The van der Waals surface area contributed by atoms with Crippen molar-refractivity contribution >= 4 is 40.6 Å². The van der Waals surface area contributed by atoms with Gasteiger partial charge < -0.3 is 10.6 Å². The van der Waals surface area contributed by atoms with Gasteiger partial charge in [0.15, 0.2) is 0 Å². The molecule has 0 atom stereocenters. The first kappa shape index (κ1) is 17.2. The number of halogens is 2. The molecule has 0 saturated heterocycles. The van der Waals surface area contributed by atoms with E-state index in [2.05, 4.69) is 20.6 Å². The third kappa shape index (κ3) is 4.47. The molecule has 0 saturated carbocycles. The van der Waals surface area contributed by atoms with Crippen LogP contribution in [0.3, 0.4) is 0 Å². The maximum atomic E-state index is 12.5. The number of anilines is 2. The van der Waals surface area contributed by atoms with Gasteiger partial charge in [0.1, 0.15) is 5.82 Å². The van der Waals surface area contributed by atoms with Crippen LogP contribution in [-0.4, -0.2) is 15.9 Å². The number of pyridine rings is 2. The molecule has 0 aliphatic heterocycles. The molecule has 2 heterocycles. The summed E-state index contributed by atoms with van der Waals surface area (Å²) in [5.41, 5.74) is 1.85. The second-order valence-corrected chi connectivity index (χ2v) is 6.01. The van der Waals surface area contributed by atoms with Gasteiger partial charge in [-0.2, -0.15) is 0 Å². The Balaban J connectivity index is 1.71. The Kier molecular flexibility index (Phi) is 5.48. The second kappa shape index (κ2) is 7.96. The molecule has 0 aliphatic rings. The SMILES string of the molecule is O=C(Nc1c(Cl)cccc1Cl)c1ccnc(NCc2cccnc2)c1. The van der Waals surface area contributed by atoms with E-state index in [0.717, 1.165) is 5.56 Å². The Bertz CT molecular complexity index is 867. The van der Waals surface area contributed by atoms with Gasteiger partial charge in [0.25, 0.3) is 5.91 Å². The maximum Gasteiger partial charge on any atom is 0.255 e. The summed E-state index contributed by atoms with van der Waals surface area (Å²) in [6.45, 7) is 0.558. The van der Waals surface area contributed by atoms with Crippen LogP contribution in [0.1, 0.15) is 15.9 Å². The zero-order valence-electron chi connectivity index (χ0n) is 13.0. The third-order valence-corrected chi connectivity index (χ3v) is 4.05. The van der Waals surface area contributed by atoms with Gasteiger partial charge in [-0.25, -0.2) is 4.98 Å². The number of carbonyl (C=O) groups excluding carboxylic acids is 1. The van der Waals surface area contributed by atoms with Crippen LogP contribution in [-0.2, 0) is 6.54 Å². The normalized spacial score (nSPS) is 10.3. The van der Waals surface area contributed by atoms with E-state index in [4.69, 9.17) is 23.2 Å². The minimum Gasteiger partial charge on any atom is -0.366 e. The lowest BCUT2D eigenvalue weighted by atomic mass is 10.2. The first-order chi connectivity index (χ1) is 12.1. The zero-order valence-corrected chi connectivity index (χ0v) is 14.6. The Hall–Kier alpha value is -2.63. The van der Waals surface area contributed by atoms with E-state index in [1.807, 2.05) is 12.1 Å². The number of rotatable bonds is 5. The van der Waals surface area contributed by atoms with Crippen LogP contribution in [0, 0.1) is 0 Å². The molecule has 0 bridgehead atoms. The van der Waals surface area contributed by atoms with Crippen LogP contribution < -0.4 is 10.6 Å². The Morgan fingerprint density at radius 3 is 2.56 bits per heavy atom. The molecular formula is C18H14Cl2N4O.